The zero-order valence-corrected chi connectivity index (χ0v) is 11.3. The number of carbonyl (C=O) groups is 2. The molecular weight excluding hydrogens is 240 g/mol. The minimum Gasteiger partial charge on any atom is -0.351 e. The molecule has 4 heteroatoms. The van der Waals surface area contributed by atoms with E-state index in [1.54, 1.807) is 0 Å². The number of hydrogen-bond donors (Lipinski definition) is 1. The van der Waals surface area contributed by atoms with Gasteiger partial charge in [0.2, 0.25) is 5.91 Å². The first-order valence-corrected chi connectivity index (χ1v) is 6.73. The molecule has 1 aromatic rings. The largest absolute Gasteiger partial charge is 0.351 e. The molecule has 0 bridgehead atoms. The van der Waals surface area contributed by atoms with E-state index in [4.69, 9.17) is 0 Å². The fourth-order valence-corrected chi connectivity index (χ4v) is 3.25. The number of likely N-dealkylation sites (tertiary alicyclic amines) is 1. The van der Waals surface area contributed by atoms with E-state index in [1.165, 1.54) is 0 Å². The lowest BCUT2D eigenvalue weighted by atomic mass is 10.1. The van der Waals surface area contributed by atoms with Gasteiger partial charge in [-0.3, -0.25) is 9.59 Å². The van der Waals surface area contributed by atoms with Crippen LogP contribution in [0.4, 0.5) is 0 Å². The molecule has 19 heavy (non-hydrogen) atoms. The minimum absolute atomic E-state index is 0.0424. The van der Waals surface area contributed by atoms with Gasteiger partial charge in [-0.1, -0.05) is 17.2 Å². The van der Waals surface area contributed by atoms with E-state index in [0.717, 1.165) is 29.7 Å². The number of nitrogens with one attached hydrogen (secondary N) is 1. The molecule has 3 rings (SSSR count). The molecule has 0 aliphatic carbocycles. The van der Waals surface area contributed by atoms with Crippen molar-refractivity contribution < 1.29 is 9.59 Å². The summed E-state index contributed by atoms with van der Waals surface area (Å²) in [5.41, 5.74) is 2.93. The monoisotopic (exact) mass is 258 g/mol. The molecule has 2 fully saturated rings. The molecule has 1 aromatic carbocycles. The lowest BCUT2D eigenvalue weighted by Gasteiger charge is -2.23. The third-order valence-corrected chi connectivity index (χ3v) is 4.02. The fraction of sp³-hybridized carbons (Fsp3) is 0.467. The van der Waals surface area contributed by atoms with E-state index in [0.29, 0.717) is 6.42 Å². The summed E-state index contributed by atoms with van der Waals surface area (Å²) in [7, 11) is 0. The highest BCUT2D eigenvalue weighted by atomic mass is 16.2. The van der Waals surface area contributed by atoms with Crippen LogP contribution in [0.5, 0.6) is 0 Å². The standard InChI is InChI=1S/C15H18N2O2/c1-9-5-10(2)7-11(6-9)15(19)17-4-3-12-13(17)8-14(18)16-12/h5-7,12-13H,3-4,8H2,1-2H3,(H,16,18). The zero-order valence-electron chi connectivity index (χ0n) is 11.3. The van der Waals surface area contributed by atoms with Crippen molar-refractivity contribution in [2.24, 2.45) is 0 Å². The number of rotatable bonds is 1. The molecule has 0 spiro atoms. The van der Waals surface area contributed by atoms with Gasteiger partial charge in [0.25, 0.3) is 5.91 Å². The molecule has 2 atom stereocenters. The van der Waals surface area contributed by atoms with Crippen molar-refractivity contribution in [3.05, 3.63) is 34.9 Å². The second-order valence-electron chi connectivity index (χ2n) is 5.61. The molecule has 2 heterocycles. The normalized spacial score (nSPS) is 25.4. The van der Waals surface area contributed by atoms with Crippen LogP contribution in [0.25, 0.3) is 0 Å². The summed E-state index contributed by atoms with van der Waals surface area (Å²) in [6.45, 7) is 4.73. The van der Waals surface area contributed by atoms with Gasteiger partial charge >= 0.3 is 0 Å². The Bertz CT molecular complexity index is 533. The van der Waals surface area contributed by atoms with Crippen molar-refractivity contribution in [2.45, 2.75) is 38.8 Å². The first-order valence-electron chi connectivity index (χ1n) is 6.73. The summed E-state index contributed by atoms with van der Waals surface area (Å²) >= 11 is 0. The van der Waals surface area contributed by atoms with Crippen LogP contribution in [0.15, 0.2) is 18.2 Å². The molecule has 0 saturated carbocycles. The maximum absolute atomic E-state index is 12.6. The van der Waals surface area contributed by atoms with Crippen molar-refractivity contribution in [3.63, 3.8) is 0 Å². The summed E-state index contributed by atoms with van der Waals surface area (Å²) in [5, 5.41) is 2.94. The van der Waals surface area contributed by atoms with E-state index in [2.05, 4.69) is 11.4 Å². The maximum Gasteiger partial charge on any atom is 0.254 e. The number of hydrogen-bond acceptors (Lipinski definition) is 2. The SMILES string of the molecule is Cc1cc(C)cc(C(=O)N2CCC3NC(=O)CC32)c1. The van der Waals surface area contributed by atoms with Crippen LogP contribution in [0, 0.1) is 13.8 Å². The summed E-state index contributed by atoms with van der Waals surface area (Å²) in [6.07, 6.45) is 1.31. The van der Waals surface area contributed by atoms with Crippen LogP contribution in [0.1, 0.15) is 34.3 Å². The van der Waals surface area contributed by atoms with Gasteiger partial charge in [0, 0.05) is 18.5 Å². The Morgan fingerprint density at radius 2 is 1.95 bits per heavy atom. The second kappa shape index (κ2) is 4.37. The van der Waals surface area contributed by atoms with Gasteiger partial charge in [-0.2, -0.15) is 0 Å². The molecule has 2 amide bonds. The Morgan fingerprint density at radius 1 is 1.26 bits per heavy atom. The number of carbonyl (C=O) groups excluding carboxylic acids is 2. The van der Waals surface area contributed by atoms with E-state index in [9.17, 15) is 9.59 Å². The Hall–Kier alpha value is -1.84. The summed E-state index contributed by atoms with van der Waals surface area (Å²) in [4.78, 5) is 25.9. The molecule has 2 aliphatic rings. The number of amides is 2. The van der Waals surface area contributed by atoms with E-state index >= 15 is 0 Å². The molecule has 2 unspecified atom stereocenters. The summed E-state index contributed by atoms with van der Waals surface area (Å²) in [5.74, 6) is 0.115. The Kier molecular flexibility index (Phi) is 2.81. The Morgan fingerprint density at radius 3 is 2.63 bits per heavy atom. The molecule has 100 valence electrons. The number of benzene rings is 1. The Balaban J connectivity index is 1.86. The fourth-order valence-electron chi connectivity index (χ4n) is 3.25. The van der Waals surface area contributed by atoms with Crippen molar-refractivity contribution >= 4 is 11.8 Å². The minimum atomic E-state index is 0.0424. The number of fused-ring (bicyclic) bond motifs is 1. The van der Waals surface area contributed by atoms with Crippen LogP contribution in [-0.2, 0) is 4.79 Å². The Labute approximate surface area is 112 Å². The smallest absolute Gasteiger partial charge is 0.254 e. The molecule has 0 aromatic heterocycles. The molecule has 2 aliphatic heterocycles. The van der Waals surface area contributed by atoms with Gasteiger partial charge in [0.1, 0.15) is 0 Å². The molecular formula is C15H18N2O2. The molecule has 1 N–H and O–H groups in total. The van der Waals surface area contributed by atoms with Gasteiger partial charge in [0.05, 0.1) is 12.1 Å². The third kappa shape index (κ3) is 2.11. The van der Waals surface area contributed by atoms with Gasteiger partial charge < -0.3 is 10.2 Å². The van der Waals surface area contributed by atoms with Crippen molar-refractivity contribution in [2.75, 3.05) is 6.54 Å². The summed E-state index contributed by atoms with van der Waals surface area (Å²) in [6, 6.07) is 6.10. The quantitative estimate of drug-likeness (QED) is 0.828. The first kappa shape index (κ1) is 12.2. The molecule has 2 saturated heterocycles. The van der Waals surface area contributed by atoms with Crippen LogP contribution in [0.3, 0.4) is 0 Å². The van der Waals surface area contributed by atoms with Gasteiger partial charge in [-0.25, -0.2) is 0 Å². The lowest BCUT2D eigenvalue weighted by molar-refractivity contribution is -0.119. The maximum atomic E-state index is 12.6. The number of aryl methyl sites for hydroxylation is 2. The van der Waals surface area contributed by atoms with Crippen LogP contribution < -0.4 is 5.32 Å². The van der Waals surface area contributed by atoms with Crippen molar-refractivity contribution in [1.82, 2.24) is 10.2 Å². The van der Waals surface area contributed by atoms with Gasteiger partial charge in [-0.05, 0) is 32.4 Å². The topological polar surface area (TPSA) is 49.4 Å². The van der Waals surface area contributed by atoms with E-state index in [-0.39, 0.29) is 23.9 Å². The van der Waals surface area contributed by atoms with Crippen LogP contribution >= 0.6 is 0 Å². The molecule has 4 nitrogen and oxygen atoms in total. The van der Waals surface area contributed by atoms with E-state index < -0.39 is 0 Å². The van der Waals surface area contributed by atoms with Crippen LogP contribution in [-0.4, -0.2) is 35.3 Å². The van der Waals surface area contributed by atoms with Crippen LogP contribution in [0.2, 0.25) is 0 Å². The summed E-state index contributed by atoms with van der Waals surface area (Å²) < 4.78 is 0. The zero-order chi connectivity index (χ0) is 13.6. The average molecular weight is 258 g/mol. The average Bonchev–Trinajstić information content (AvgIpc) is 2.85. The highest BCUT2D eigenvalue weighted by molar-refractivity contribution is 5.96. The second-order valence-corrected chi connectivity index (χ2v) is 5.61. The third-order valence-electron chi connectivity index (χ3n) is 4.02. The van der Waals surface area contributed by atoms with E-state index in [1.807, 2.05) is 30.9 Å². The van der Waals surface area contributed by atoms with Crippen molar-refractivity contribution in [1.29, 1.82) is 0 Å². The predicted octanol–water partition coefficient (Wildman–Crippen LogP) is 1.41. The number of nitrogens with zero attached hydrogens (tertiary/aromatic N) is 1. The highest BCUT2D eigenvalue weighted by Gasteiger charge is 2.43. The molecule has 0 radical (unpaired) electrons. The first-order chi connectivity index (χ1) is 9.04. The highest BCUT2D eigenvalue weighted by Crippen LogP contribution is 2.27. The van der Waals surface area contributed by atoms with Gasteiger partial charge in [-0.15, -0.1) is 0 Å². The predicted molar refractivity (Wildman–Crippen MR) is 71.9 cm³/mol. The lowest BCUT2D eigenvalue weighted by Crippen LogP contribution is -2.38. The van der Waals surface area contributed by atoms with Crippen molar-refractivity contribution in [3.8, 4) is 0 Å². The van der Waals surface area contributed by atoms with Gasteiger partial charge in [0.15, 0.2) is 0 Å².